The monoisotopic (exact) mass is 311 g/mol. The van der Waals surface area contributed by atoms with Gasteiger partial charge in [0.15, 0.2) is 5.03 Å². The lowest BCUT2D eigenvalue weighted by Crippen LogP contribution is -2.28. The molecule has 2 rings (SSSR count). The average Bonchev–Trinajstić information content (AvgIpc) is 2.95. The molecule has 2 N–H and O–H groups in total. The normalized spacial score (nSPS) is 13.3. The molecular formula is C14H18FN3O2S. The smallest absolute Gasteiger partial charge is 0.258 e. The second-order valence-electron chi connectivity index (χ2n) is 4.68. The zero-order valence-electron chi connectivity index (χ0n) is 11.9. The first kappa shape index (κ1) is 15.7. The highest BCUT2D eigenvalue weighted by atomic mass is 32.2. The maximum atomic E-state index is 12.9. The lowest BCUT2D eigenvalue weighted by atomic mass is 10.1. The third-order valence-electron chi connectivity index (χ3n) is 3.21. The van der Waals surface area contributed by atoms with Crippen LogP contribution in [0.4, 0.5) is 4.39 Å². The van der Waals surface area contributed by atoms with Crippen molar-refractivity contribution in [2.45, 2.75) is 37.8 Å². The fraction of sp³-hybridized carbons (Fsp3) is 0.357. The second-order valence-corrected chi connectivity index (χ2v) is 6.36. The Balaban J connectivity index is 2.22. The number of aromatic nitrogens is 2. The van der Waals surface area contributed by atoms with E-state index in [-0.39, 0.29) is 10.8 Å². The van der Waals surface area contributed by atoms with Crippen LogP contribution in [0.3, 0.4) is 0 Å². The summed E-state index contributed by atoms with van der Waals surface area (Å²) in [6.07, 6.45) is 2.49. The van der Waals surface area contributed by atoms with E-state index in [1.807, 2.05) is 13.8 Å². The molecule has 0 fully saturated rings. The predicted molar refractivity (Wildman–Crippen MR) is 77.7 cm³/mol. The van der Waals surface area contributed by atoms with E-state index in [9.17, 15) is 12.8 Å². The maximum Gasteiger partial charge on any atom is 0.258 e. The number of sulfonamides is 1. The van der Waals surface area contributed by atoms with Gasteiger partial charge in [-0.25, -0.2) is 22.5 Å². The van der Waals surface area contributed by atoms with Crippen LogP contribution in [0.2, 0.25) is 0 Å². The molecule has 0 bridgehead atoms. The number of aromatic amines is 1. The molecule has 0 aliphatic carbocycles. The van der Waals surface area contributed by atoms with Crippen molar-refractivity contribution in [3.05, 3.63) is 47.7 Å². The van der Waals surface area contributed by atoms with Crippen molar-refractivity contribution in [3.8, 4) is 0 Å². The van der Waals surface area contributed by atoms with Gasteiger partial charge in [0.1, 0.15) is 11.6 Å². The number of benzene rings is 1. The van der Waals surface area contributed by atoms with Crippen molar-refractivity contribution in [1.29, 1.82) is 0 Å². The largest absolute Gasteiger partial charge is 0.332 e. The topological polar surface area (TPSA) is 74.8 Å². The number of nitrogens with zero attached hydrogens (tertiary/aromatic N) is 1. The van der Waals surface area contributed by atoms with Gasteiger partial charge in [0.25, 0.3) is 10.0 Å². The molecule has 5 nitrogen and oxygen atoms in total. The van der Waals surface area contributed by atoms with Gasteiger partial charge in [0, 0.05) is 12.5 Å². The zero-order valence-corrected chi connectivity index (χ0v) is 12.7. The summed E-state index contributed by atoms with van der Waals surface area (Å²) < 4.78 is 40.2. The predicted octanol–water partition coefficient (Wildman–Crippen LogP) is 2.54. The van der Waals surface area contributed by atoms with E-state index < -0.39 is 16.1 Å². The summed E-state index contributed by atoms with van der Waals surface area (Å²) >= 11 is 0. The van der Waals surface area contributed by atoms with Gasteiger partial charge in [0.05, 0.1) is 6.20 Å². The lowest BCUT2D eigenvalue weighted by molar-refractivity contribution is 0.546. The minimum atomic E-state index is -3.68. The Morgan fingerprint density at radius 1 is 1.29 bits per heavy atom. The molecule has 21 heavy (non-hydrogen) atoms. The van der Waals surface area contributed by atoms with Crippen molar-refractivity contribution in [3.63, 3.8) is 0 Å². The summed E-state index contributed by atoms with van der Waals surface area (Å²) in [5.74, 6) is 0.267. The fourth-order valence-corrected chi connectivity index (χ4v) is 3.24. The molecule has 1 aromatic heterocycles. The van der Waals surface area contributed by atoms with E-state index in [4.69, 9.17) is 0 Å². The molecule has 1 aromatic carbocycles. The minimum absolute atomic E-state index is 0.0416. The number of nitrogens with one attached hydrogen (secondary N) is 2. The van der Waals surface area contributed by atoms with Crippen LogP contribution in [0.5, 0.6) is 0 Å². The lowest BCUT2D eigenvalue weighted by Gasteiger charge is -2.16. The Labute approximate surface area is 123 Å². The van der Waals surface area contributed by atoms with Crippen molar-refractivity contribution in [2.24, 2.45) is 0 Å². The molecule has 1 heterocycles. The average molecular weight is 311 g/mol. The van der Waals surface area contributed by atoms with Gasteiger partial charge in [-0.2, -0.15) is 0 Å². The minimum Gasteiger partial charge on any atom is -0.332 e. The fourth-order valence-electron chi connectivity index (χ4n) is 1.99. The molecule has 1 unspecified atom stereocenters. The molecule has 0 amide bonds. The maximum absolute atomic E-state index is 12.9. The van der Waals surface area contributed by atoms with Crippen molar-refractivity contribution < 1.29 is 12.8 Å². The molecule has 0 radical (unpaired) electrons. The van der Waals surface area contributed by atoms with Crippen LogP contribution >= 0.6 is 0 Å². The van der Waals surface area contributed by atoms with Gasteiger partial charge in [0.2, 0.25) is 0 Å². The van der Waals surface area contributed by atoms with Gasteiger partial charge in [-0.3, -0.25) is 0 Å². The van der Waals surface area contributed by atoms with E-state index in [1.54, 1.807) is 12.1 Å². The Morgan fingerprint density at radius 2 is 1.95 bits per heavy atom. The number of aryl methyl sites for hydroxylation is 1. The van der Waals surface area contributed by atoms with Crippen LogP contribution in [-0.2, 0) is 16.4 Å². The summed E-state index contributed by atoms with van der Waals surface area (Å²) in [5.41, 5.74) is 0.720. The van der Waals surface area contributed by atoms with Gasteiger partial charge >= 0.3 is 0 Å². The van der Waals surface area contributed by atoms with E-state index in [0.717, 1.165) is 5.56 Å². The molecular weight excluding hydrogens is 293 g/mol. The van der Waals surface area contributed by atoms with E-state index in [1.165, 1.54) is 18.3 Å². The molecule has 2 aromatic rings. The SMILES string of the molecule is CCc1ncc(S(=O)(=O)NC(CC)c2ccc(F)cc2)[nH]1. The van der Waals surface area contributed by atoms with Gasteiger partial charge < -0.3 is 4.98 Å². The summed E-state index contributed by atoms with van der Waals surface area (Å²) in [6, 6.07) is 5.38. The van der Waals surface area contributed by atoms with Crippen molar-refractivity contribution in [1.82, 2.24) is 14.7 Å². The molecule has 114 valence electrons. The molecule has 1 atom stereocenters. The van der Waals surface area contributed by atoms with Gasteiger partial charge in [-0.15, -0.1) is 0 Å². The van der Waals surface area contributed by atoms with Crippen LogP contribution < -0.4 is 4.72 Å². The van der Waals surface area contributed by atoms with Crippen molar-refractivity contribution >= 4 is 10.0 Å². The first-order valence-electron chi connectivity index (χ1n) is 6.78. The van der Waals surface area contributed by atoms with Crippen LogP contribution in [0, 0.1) is 5.82 Å². The summed E-state index contributed by atoms with van der Waals surface area (Å²) in [6.45, 7) is 3.75. The van der Waals surface area contributed by atoms with E-state index in [0.29, 0.717) is 18.7 Å². The first-order chi connectivity index (χ1) is 9.96. The van der Waals surface area contributed by atoms with E-state index >= 15 is 0 Å². The summed E-state index contributed by atoms with van der Waals surface area (Å²) in [5, 5.41) is 0.0416. The Bertz CT molecular complexity index is 695. The Kier molecular flexibility index (Phi) is 4.74. The highest BCUT2D eigenvalue weighted by Gasteiger charge is 2.22. The number of H-pyrrole nitrogens is 1. The van der Waals surface area contributed by atoms with Gasteiger partial charge in [-0.05, 0) is 24.1 Å². The second kappa shape index (κ2) is 6.36. The van der Waals surface area contributed by atoms with E-state index in [2.05, 4.69) is 14.7 Å². The number of hydrogen-bond donors (Lipinski definition) is 2. The molecule has 7 heteroatoms. The van der Waals surface area contributed by atoms with Crippen LogP contribution in [0.25, 0.3) is 0 Å². The van der Waals surface area contributed by atoms with Gasteiger partial charge in [-0.1, -0.05) is 26.0 Å². The standard InChI is InChI=1S/C14H18FN3O2S/c1-3-12(10-5-7-11(15)8-6-10)18-21(19,20)14-9-16-13(4-2)17-14/h5-9,12,18H,3-4H2,1-2H3,(H,16,17). The van der Waals surface area contributed by atoms with Crippen LogP contribution in [-0.4, -0.2) is 18.4 Å². The molecule has 0 saturated carbocycles. The Hall–Kier alpha value is -1.73. The summed E-state index contributed by atoms with van der Waals surface area (Å²) in [4.78, 5) is 6.77. The molecule has 0 spiro atoms. The molecule has 0 aliphatic heterocycles. The zero-order chi connectivity index (χ0) is 15.5. The number of rotatable bonds is 6. The number of hydrogen-bond acceptors (Lipinski definition) is 3. The third kappa shape index (κ3) is 3.68. The molecule has 0 saturated heterocycles. The first-order valence-corrected chi connectivity index (χ1v) is 8.26. The number of halogens is 1. The highest BCUT2D eigenvalue weighted by molar-refractivity contribution is 7.89. The molecule has 0 aliphatic rings. The summed E-state index contributed by atoms with van der Waals surface area (Å²) in [7, 11) is -3.68. The highest BCUT2D eigenvalue weighted by Crippen LogP contribution is 2.20. The Morgan fingerprint density at radius 3 is 2.48 bits per heavy atom. The third-order valence-corrected chi connectivity index (χ3v) is 4.59. The van der Waals surface area contributed by atoms with Crippen LogP contribution in [0.15, 0.2) is 35.5 Å². The number of imidazole rings is 1. The quantitative estimate of drug-likeness (QED) is 0.861. The van der Waals surface area contributed by atoms with Crippen molar-refractivity contribution in [2.75, 3.05) is 0 Å². The van der Waals surface area contributed by atoms with Crippen LogP contribution in [0.1, 0.15) is 37.7 Å².